The number of fused-ring (bicyclic) bond motifs is 1. The molecule has 152 valence electrons. The number of nitro benzene ring substituents is 1. The second kappa shape index (κ2) is 7.13. The van der Waals surface area contributed by atoms with Crippen LogP contribution in [0.2, 0.25) is 0 Å². The maximum Gasteiger partial charge on any atom is 0.269 e. The monoisotopic (exact) mass is 392 g/mol. The van der Waals surface area contributed by atoms with Crippen molar-refractivity contribution in [1.29, 1.82) is 0 Å². The first-order chi connectivity index (χ1) is 14.1. The Morgan fingerprint density at radius 1 is 1.14 bits per heavy atom. The average molecular weight is 392 g/mol. The minimum atomic E-state index is -0.339. The van der Waals surface area contributed by atoms with Crippen molar-refractivity contribution in [3.05, 3.63) is 69.3 Å². The Morgan fingerprint density at radius 3 is 2.76 bits per heavy atom. The summed E-state index contributed by atoms with van der Waals surface area (Å²) in [4.78, 5) is 13.2. The second-order valence-corrected chi connectivity index (χ2v) is 9.08. The predicted octanol–water partition coefficient (Wildman–Crippen LogP) is 4.60. The number of hydrogen-bond donors (Lipinski definition) is 1. The molecule has 3 atom stereocenters. The van der Waals surface area contributed by atoms with Crippen LogP contribution in [0.4, 0.5) is 5.69 Å². The Morgan fingerprint density at radius 2 is 1.97 bits per heavy atom. The predicted molar refractivity (Wildman–Crippen MR) is 112 cm³/mol. The number of benzene rings is 2. The number of aromatic hydroxyl groups is 1. The van der Waals surface area contributed by atoms with Gasteiger partial charge in [-0.2, -0.15) is 0 Å². The molecule has 2 aliphatic carbocycles. The van der Waals surface area contributed by atoms with E-state index in [-0.39, 0.29) is 16.0 Å². The van der Waals surface area contributed by atoms with Crippen molar-refractivity contribution in [1.82, 2.24) is 4.90 Å². The molecule has 2 bridgehead atoms. The summed E-state index contributed by atoms with van der Waals surface area (Å²) in [5.41, 5.74) is 4.42. The molecule has 29 heavy (non-hydrogen) atoms. The van der Waals surface area contributed by atoms with E-state index in [1.807, 2.05) is 18.2 Å². The molecule has 0 radical (unpaired) electrons. The van der Waals surface area contributed by atoms with E-state index in [4.69, 9.17) is 0 Å². The van der Waals surface area contributed by atoms with Crippen LogP contribution in [-0.4, -0.2) is 34.1 Å². The Bertz CT molecular complexity index is 926. The molecule has 1 saturated carbocycles. The lowest BCUT2D eigenvalue weighted by atomic mass is 9.52. The average Bonchev–Trinajstić information content (AvgIpc) is 2.74. The highest BCUT2D eigenvalue weighted by atomic mass is 16.6. The number of rotatable bonds is 4. The number of hydrogen-bond acceptors (Lipinski definition) is 4. The zero-order valence-corrected chi connectivity index (χ0v) is 16.7. The summed E-state index contributed by atoms with van der Waals surface area (Å²) in [5, 5.41) is 21.0. The van der Waals surface area contributed by atoms with Gasteiger partial charge in [0, 0.05) is 30.1 Å². The molecule has 2 fully saturated rings. The van der Waals surface area contributed by atoms with Crippen LogP contribution in [0.5, 0.6) is 5.75 Å². The van der Waals surface area contributed by atoms with E-state index in [2.05, 4.69) is 17.0 Å². The highest BCUT2D eigenvalue weighted by molar-refractivity contribution is 5.45. The third-order valence-corrected chi connectivity index (χ3v) is 7.77. The van der Waals surface area contributed by atoms with Crippen molar-refractivity contribution in [3.63, 3.8) is 0 Å². The molecule has 2 aromatic carbocycles. The van der Waals surface area contributed by atoms with Crippen LogP contribution in [0.15, 0.2) is 42.5 Å². The topological polar surface area (TPSA) is 66.6 Å². The van der Waals surface area contributed by atoms with E-state index in [9.17, 15) is 15.2 Å². The van der Waals surface area contributed by atoms with Gasteiger partial charge >= 0.3 is 0 Å². The van der Waals surface area contributed by atoms with E-state index in [0.29, 0.717) is 17.7 Å². The van der Waals surface area contributed by atoms with Gasteiger partial charge in [0.2, 0.25) is 0 Å². The fourth-order valence-electron chi connectivity index (χ4n) is 6.41. The smallest absolute Gasteiger partial charge is 0.269 e. The molecule has 5 heteroatoms. The molecular formula is C24H28N2O3. The minimum Gasteiger partial charge on any atom is -0.508 e. The number of non-ortho nitro benzene ring substituents is 1. The molecule has 0 spiro atoms. The molecule has 2 aromatic rings. The van der Waals surface area contributed by atoms with Crippen LogP contribution in [0.25, 0.3) is 0 Å². The van der Waals surface area contributed by atoms with Crippen molar-refractivity contribution < 1.29 is 10.0 Å². The van der Waals surface area contributed by atoms with Gasteiger partial charge in [-0.15, -0.1) is 0 Å². The molecule has 5 rings (SSSR count). The summed E-state index contributed by atoms with van der Waals surface area (Å²) in [6, 6.07) is 13.6. The fraction of sp³-hybridized carbons (Fsp3) is 0.500. The Labute approximate surface area is 171 Å². The maximum atomic E-state index is 10.9. The molecule has 5 nitrogen and oxygen atoms in total. The van der Waals surface area contributed by atoms with Crippen molar-refractivity contribution in [2.24, 2.45) is 5.92 Å². The lowest BCUT2D eigenvalue weighted by Crippen LogP contribution is -2.61. The molecule has 3 aliphatic rings. The second-order valence-electron chi connectivity index (χ2n) is 9.08. The summed E-state index contributed by atoms with van der Waals surface area (Å²) < 4.78 is 0. The first-order valence-electron chi connectivity index (χ1n) is 10.9. The minimum absolute atomic E-state index is 0.158. The van der Waals surface area contributed by atoms with Crippen molar-refractivity contribution >= 4 is 5.69 Å². The number of phenols is 1. The maximum absolute atomic E-state index is 10.9. The molecule has 1 heterocycles. The van der Waals surface area contributed by atoms with Gasteiger partial charge in [0.05, 0.1) is 4.92 Å². The van der Waals surface area contributed by atoms with Gasteiger partial charge in [-0.25, -0.2) is 0 Å². The number of nitrogens with zero attached hydrogens (tertiary/aromatic N) is 2. The molecule has 0 aromatic heterocycles. The Hall–Kier alpha value is -2.40. The lowest BCUT2D eigenvalue weighted by Gasteiger charge is -2.59. The molecular weight excluding hydrogens is 364 g/mol. The normalized spacial score (nSPS) is 28.4. The quantitative estimate of drug-likeness (QED) is 0.610. The highest BCUT2D eigenvalue weighted by Gasteiger charge is 2.53. The van der Waals surface area contributed by atoms with Gasteiger partial charge in [-0.3, -0.25) is 15.0 Å². The van der Waals surface area contributed by atoms with E-state index in [1.54, 1.807) is 12.1 Å². The first-order valence-corrected chi connectivity index (χ1v) is 10.9. The number of likely N-dealkylation sites (tertiary alicyclic amines) is 1. The van der Waals surface area contributed by atoms with Crippen molar-refractivity contribution in [3.8, 4) is 5.75 Å². The van der Waals surface area contributed by atoms with Crippen LogP contribution in [0.3, 0.4) is 0 Å². The van der Waals surface area contributed by atoms with Gasteiger partial charge in [0.15, 0.2) is 0 Å². The Kier molecular flexibility index (Phi) is 4.58. The summed E-state index contributed by atoms with van der Waals surface area (Å²) in [5.74, 6) is 1.08. The van der Waals surface area contributed by atoms with Gasteiger partial charge in [-0.05, 0) is 73.4 Å². The summed E-state index contributed by atoms with van der Waals surface area (Å²) in [6.45, 7) is 2.10. The van der Waals surface area contributed by atoms with E-state index < -0.39 is 0 Å². The van der Waals surface area contributed by atoms with Gasteiger partial charge in [0.1, 0.15) is 5.75 Å². The third-order valence-electron chi connectivity index (χ3n) is 7.77. The van der Waals surface area contributed by atoms with Crippen LogP contribution >= 0.6 is 0 Å². The summed E-state index contributed by atoms with van der Waals surface area (Å²) >= 11 is 0. The summed E-state index contributed by atoms with van der Waals surface area (Å²) in [7, 11) is 0. The zero-order chi connectivity index (χ0) is 20.0. The Balaban J connectivity index is 1.38. The van der Waals surface area contributed by atoms with Gasteiger partial charge in [0.25, 0.3) is 5.69 Å². The summed E-state index contributed by atoms with van der Waals surface area (Å²) in [6.07, 6.45) is 8.31. The van der Waals surface area contributed by atoms with E-state index in [0.717, 1.165) is 31.5 Å². The number of phenolic OH excluding ortho intramolecular Hbond substituents is 1. The van der Waals surface area contributed by atoms with Crippen LogP contribution in [-0.2, 0) is 18.3 Å². The molecule has 0 amide bonds. The lowest BCUT2D eigenvalue weighted by molar-refractivity contribution is -0.384. The van der Waals surface area contributed by atoms with E-state index >= 15 is 0 Å². The van der Waals surface area contributed by atoms with Crippen LogP contribution < -0.4 is 0 Å². The highest BCUT2D eigenvalue weighted by Crippen LogP contribution is 2.56. The standard InChI is InChI=1S/C24H28N2O3/c27-20-9-6-18-15-23-21-3-1-2-11-24(21,22(18)16-20)12-14-25(23)13-10-17-4-7-19(8-5-17)26(28)29/h4-9,16,21,23,27H,1-3,10-15H2/t21-,23+,24+/m0/s1. The fourth-order valence-corrected chi connectivity index (χ4v) is 6.41. The van der Waals surface area contributed by atoms with Crippen molar-refractivity contribution in [2.75, 3.05) is 13.1 Å². The van der Waals surface area contributed by atoms with Gasteiger partial charge < -0.3 is 5.11 Å². The molecule has 0 unspecified atom stereocenters. The SMILES string of the molecule is O=[N+]([O-])c1ccc(CCN2CC[C@]34CCCC[C@H]3[C@H]2Cc2ccc(O)cc24)cc1. The molecule has 1 saturated heterocycles. The number of nitro groups is 1. The van der Waals surface area contributed by atoms with Gasteiger partial charge in [-0.1, -0.05) is 31.0 Å². The number of piperidine rings is 1. The zero-order valence-electron chi connectivity index (χ0n) is 16.7. The molecule has 1 aliphatic heterocycles. The third kappa shape index (κ3) is 3.12. The first kappa shape index (κ1) is 18.6. The largest absolute Gasteiger partial charge is 0.508 e. The van der Waals surface area contributed by atoms with Crippen LogP contribution in [0.1, 0.15) is 48.8 Å². The van der Waals surface area contributed by atoms with E-state index in [1.165, 1.54) is 43.2 Å². The molecule has 1 N–H and O–H groups in total. The van der Waals surface area contributed by atoms with Crippen molar-refractivity contribution in [2.45, 2.75) is 56.4 Å². The van der Waals surface area contributed by atoms with Crippen LogP contribution in [0, 0.1) is 16.0 Å².